The third-order valence-electron chi connectivity index (χ3n) is 3.24. The minimum Gasteiger partial charge on any atom is -0.393 e. The molecule has 18 heavy (non-hydrogen) atoms. The lowest BCUT2D eigenvalue weighted by Gasteiger charge is -2.02. The lowest BCUT2D eigenvalue weighted by atomic mass is 10.2. The van der Waals surface area contributed by atoms with Gasteiger partial charge < -0.3 is 5.73 Å². The fourth-order valence-electron chi connectivity index (χ4n) is 2.13. The van der Waals surface area contributed by atoms with Crippen LogP contribution in [0.5, 0.6) is 0 Å². The van der Waals surface area contributed by atoms with E-state index >= 15 is 0 Å². The SMILES string of the molecule is Nc1c(C2CC2)[nH]n(Cc2cccc(Cl)c2)c1=O. The molecule has 1 aliphatic carbocycles. The molecule has 4 nitrogen and oxygen atoms in total. The van der Waals surface area contributed by atoms with Crippen LogP contribution in [0.4, 0.5) is 5.69 Å². The van der Waals surface area contributed by atoms with Gasteiger partial charge >= 0.3 is 0 Å². The molecule has 1 heterocycles. The number of anilines is 1. The van der Waals surface area contributed by atoms with Gasteiger partial charge in [0.25, 0.3) is 5.56 Å². The molecular weight excluding hydrogens is 250 g/mol. The fourth-order valence-corrected chi connectivity index (χ4v) is 2.34. The van der Waals surface area contributed by atoms with Crippen molar-refractivity contribution in [2.75, 3.05) is 5.73 Å². The van der Waals surface area contributed by atoms with Gasteiger partial charge in [-0.2, -0.15) is 0 Å². The van der Waals surface area contributed by atoms with Crippen molar-refractivity contribution in [1.82, 2.24) is 9.78 Å². The Kier molecular flexibility index (Phi) is 2.67. The number of hydrogen-bond donors (Lipinski definition) is 2. The molecule has 1 saturated carbocycles. The van der Waals surface area contributed by atoms with Crippen LogP contribution in [0.25, 0.3) is 0 Å². The topological polar surface area (TPSA) is 63.8 Å². The molecule has 1 fully saturated rings. The molecule has 0 aliphatic heterocycles. The summed E-state index contributed by atoms with van der Waals surface area (Å²) in [6.07, 6.45) is 2.22. The zero-order valence-corrected chi connectivity index (χ0v) is 10.6. The average molecular weight is 264 g/mol. The second kappa shape index (κ2) is 4.21. The number of aromatic nitrogens is 2. The minimum atomic E-state index is -0.142. The Labute approximate surface area is 109 Å². The lowest BCUT2D eigenvalue weighted by Crippen LogP contribution is -2.19. The summed E-state index contributed by atoms with van der Waals surface area (Å²) in [5, 5.41) is 3.78. The summed E-state index contributed by atoms with van der Waals surface area (Å²) in [5.41, 5.74) is 7.93. The first-order valence-electron chi connectivity index (χ1n) is 5.98. The van der Waals surface area contributed by atoms with Gasteiger partial charge in [-0.1, -0.05) is 23.7 Å². The number of benzene rings is 1. The van der Waals surface area contributed by atoms with Crippen molar-refractivity contribution in [2.45, 2.75) is 25.3 Å². The van der Waals surface area contributed by atoms with Gasteiger partial charge in [-0.05, 0) is 30.5 Å². The Morgan fingerprint density at radius 2 is 2.22 bits per heavy atom. The summed E-state index contributed by atoms with van der Waals surface area (Å²) in [4.78, 5) is 12.0. The van der Waals surface area contributed by atoms with Crippen molar-refractivity contribution in [3.8, 4) is 0 Å². The largest absolute Gasteiger partial charge is 0.393 e. The predicted octanol–water partition coefficient (Wildman–Crippen LogP) is 2.34. The van der Waals surface area contributed by atoms with E-state index in [0.29, 0.717) is 23.2 Å². The molecule has 3 rings (SSSR count). The molecule has 1 aliphatic rings. The summed E-state index contributed by atoms with van der Waals surface area (Å²) < 4.78 is 1.55. The van der Waals surface area contributed by atoms with Crippen LogP contribution >= 0.6 is 11.6 Å². The van der Waals surface area contributed by atoms with Gasteiger partial charge in [-0.3, -0.25) is 9.89 Å². The van der Waals surface area contributed by atoms with Crippen molar-refractivity contribution in [2.24, 2.45) is 0 Å². The Hall–Kier alpha value is -1.68. The van der Waals surface area contributed by atoms with Gasteiger partial charge in [0.2, 0.25) is 0 Å². The van der Waals surface area contributed by atoms with Crippen molar-refractivity contribution < 1.29 is 0 Å². The first-order chi connectivity index (χ1) is 8.65. The van der Waals surface area contributed by atoms with E-state index in [9.17, 15) is 4.79 Å². The third kappa shape index (κ3) is 2.04. The smallest absolute Gasteiger partial charge is 0.290 e. The van der Waals surface area contributed by atoms with E-state index in [2.05, 4.69) is 5.10 Å². The molecule has 2 aromatic rings. The molecule has 0 unspecified atom stereocenters. The molecule has 1 aromatic heterocycles. The van der Waals surface area contributed by atoms with Crippen molar-refractivity contribution in [3.05, 3.63) is 50.9 Å². The second-order valence-electron chi connectivity index (χ2n) is 4.73. The van der Waals surface area contributed by atoms with Crippen molar-refractivity contribution >= 4 is 17.3 Å². The normalized spacial score (nSPS) is 14.9. The molecular formula is C13H14ClN3O. The highest BCUT2D eigenvalue weighted by Gasteiger charge is 2.29. The molecule has 94 valence electrons. The number of nitrogen functional groups attached to an aromatic ring is 1. The Morgan fingerprint density at radius 3 is 2.89 bits per heavy atom. The molecule has 0 saturated heterocycles. The van der Waals surface area contributed by atoms with Gasteiger partial charge in [-0.25, -0.2) is 4.68 Å². The number of aromatic amines is 1. The number of nitrogens with two attached hydrogens (primary N) is 1. The maximum Gasteiger partial charge on any atom is 0.290 e. The minimum absolute atomic E-state index is 0.142. The van der Waals surface area contributed by atoms with Crippen molar-refractivity contribution in [3.63, 3.8) is 0 Å². The summed E-state index contributed by atoms with van der Waals surface area (Å²) in [5.74, 6) is 0.443. The van der Waals surface area contributed by atoms with Gasteiger partial charge in [0.05, 0.1) is 12.2 Å². The van der Waals surface area contributed by atoms with E-state index in [1.165, 1.54) is 0 Å². The molecule has 0 spiro atoms. The zero-order chi connectivity index (χ0) is 12.7. The highest BCUT2D eigenvalue weighted by Crippen LogP contribution is 2.40. The lowest BCUT2D eigenvalue weighted by molar-refractivity contribution is 0.652. The van der Waals surface area contributed by atoms with E-state index < -0.39 is 0 Å². The van der Waals surface area contributed by atoms with Crippen LogP contribution in [-0.4, -0.2) is 9.78 Å². The number of nitrogens with zero attached hydrogens (tertiary/aromatic N) is 1. The second-order valence-corrected chi connectivity index (χ2v) is 5.17. The molecule has 0 radical (unpaired) electrons. The monoisotopic (exact) mass is 263 g/mol. The molecule has 3 N–H and O–H groups in total. The summed E-state index contributed by atoms with van der Waals surface area (Å²) in [6, 6.07) is 7.47. The summed E-state index contributed by atoms with van der Waals surface area (Å²) >= 11 is 5.93. The van der Waals surface area contributed by atoms with E-state index in [4.69, 9.17) is 17.3 Å². The number of hydrogen-bond acceptors (Lipinski definition) is 2. The van der Waals surface area contributed by atoms with Crippen LogP contribution < -0.4 is 11.3 Å². The Balaban J connectivity index is 1.93. The number of H-pyrrole nitrogens is 1. The van der Waals surface area contributed by atoms with Gasteiger partial charge in [0.15, 0.2) is 0 Å². The van der Waals surface area contributed by atoms with Gasteiger partial charge in [0, 0.05) is 10.9 Å². The highest BCUT2D eigenvalue weighted by atomic mass is 35.5. The van der Waals surface area contributed by atoms with Gasteiger partial charge in [0.1, 0.15) is 5.69 Å². The number of halogens is 1. The molecule has 5 heteroatoms. The molecule has 0 bridgehead atoms. The molecule has 1 aromatic carbocycles. The third-order valence-corrected chi connectivity index (χ3v) is 3.47. The zero-order valence-electron chi connectivity index (χ0n) is 9.82. The van der Waals surface area contributed by atoms with E-state index in [1.54, 1.807) is 4.68 Å². The highest BCUT2D eigenvalue weighted by molar-refractivity contribution is 6.30. The van der Waals surface area contributed by atoms with Gasteiger partial charge in [-0.15, -0.1) is 0 Å². The standard InChI is InChI=1S/C13H14ClN3O/c14-10-3-1-2-8(6-10)7-17-13(18)11(15)12(16-17)9-4-5-9/h1-3,6,9,16H,4-5,7,15H2. The Bertz CT molecular complexity index is 640. The van der Waals surface area contributed by atoms with Crippen LogP contribution in [-0.2, 0) is 6.54 Å². The predicted molar refractivity (Wildman–Crippen MR) is 72.0 cm³/mol. The Morgan fingerprint density at radius 1 is 1.44 bits per heavy atom. The fraction of sp³-hybridized carbons (Fsp3) is 0.308. The van der Waals surface area contributed by atoms with Crippen LogP contribution in [0.15, 0.2) is 29.1 Å². The first kappa shape index (κ1) is 11.4. The summed E-state index contributed by atoms with van der Waals surface area (Å²) in [7, 11) is 0. The average Bonchev–Trinajstić information content (AvgIpc) is 3.13. The van der Waals surface area contributed by atoms with Crippen LogP contribution in [0, 0.1) is 0 Å². The van der Waals surface area contributed by atoms with Crippen LogP contribution in [0.2, 0.25) is 5.02 Å². The number of nitrogens with one attached hydrogen (secondary N) is 1. The van der Waals surface area contributed by atoms with E-state index in [1.807, 2.05) is 24.3 Å². The quantitative estimate of drug-likeness (QED) is 0.893. The summed E-state index contributed by atoms with van der Waals surface area (Å²) in [6.45, 7) is 0.469. The number of rotatable bonds is 3. The maximum absolute atomic E-state index is 12.0. The molecule has 0 amide bonds. The van der Waals surface area contributed by atoms with E-state index in [0.717, 1.165) is 24.1 Å². The maximum atomic E-state index is 12.0. The first-order valence-corrected chi connectivity index (χ1v) is 6.35. The van der Waals surface area contributed by atoms with Crippen LogP contribution in [0.1, 0.15) is 30.0 Å². The van der Waals surface area contributed by atoms with E-state index in [-0.39, 0.29) is 5.56 Å². The molecule has 0 atom stereocenters. The van der Waals surface area contributed by atoms with Crippen LogP contribution in [0.3, 0.4) is 0 Å². The van der Waals surface area contributed by atoms with Crippen molar-refractivity contribution in [1.29, 1.82) is 0 Å².